The zero-order valence-corrected chi connectivity index (χ0v) is 23.4. The van der Waals surface area contributed by atoms with Gasteiger partial charge in [0, 0.05) is 18.4 Å². The molecule has 1 saturated carbocycles. The van der Waals surface area contributed by atoms with E-state index in [1.54, 1.807) is 24.4 Å². The van der Waals surface area contributed by atoms with Crippen LogP contribution in [0, 0.1) is 29.1 Å². The fourth-order valence-electron chi connectivity index (χ4n) is 5.08. The molecule has 2 aromatic carbocycles. The number of H-pyrrole nitrogens is 1. The molecule has 1 N–H and O–H groups in total. The molecular weight excluding hydrogens is 579 g/mol. The molecule has 2 heterocycles. The first-order chi connectivity index (χ1) is 20.2. The van der Waals surface area contributed by atoms with E-state index in [2.05, 4.69) is 20.4 Å². The van der Waals surface area contributed by atoms with Crippen molar-refractivity contribution >= 4 is 33.6 Å². The van der Waals surface area contributed by atoms with E-state index in [-0.39, 0.29) is 13.1 Å². The van der Waals surface area contributed by atoms with Crippen LogP contribution in [0.15, 0.2) is 41.4 Å². The van der Waals surface area contributed by atoms with Gasteiger partial charge in [0.1, 0.15) is 26.9 Å². The molecule has 0 saturated heterocycles. The summed E-state index contributed by atoms with van der Waals surface area (Å²) in [5.41, 5.74) is 3.06. The van der Waals surface area contributed by atoms with Gasteiger partial charge in [-0.1, -0.05) is 32.3 Å². The van der Waals surface area contributed by atoms with E-state index in [1.165, 1.54) is 31.1 Å². The minimum Gasteiger partial charge on any atom is -0.305 e. The van der Waals surface area contributed by atoms with Crippen LogP contribution < -0.4 is 4.90 Å². The molecule has 1 aliphatic carbocycles. The second kappa shape index (κ2) is 12.6. The molecule has 0 radical (unpaired) electrons. The predicted octanol–water partition coefficient (Wildman–Crippen LogP) is 5.67. The lowest BCUT2D eigenvalue weighted by Gasteiger charge is -2.27. The van der Waals surface area contributed by atoms with E-state index in [4.69, 9.17) is 0 Å². The van der Waals surface area contributed by atoms with Crippen LogP contribution in [0.3, 0.4) is 0 Å². The Labute approximate surface area is 240 Å². The molecule has 0 bridgehead atoms. The monoisotopic (exact) mass is 606 g/mol. The number of rotatable bonds is 9. The smallest absolute Gasteiger partial charge is 0.242 e. The van der Waals surface area contributed by atoms with Gasteiger partial charge in [-0.25, -0.2) is 30.5 Å². The third-order valence-corrected chi connectivity index (χ3v) is 8.96. The number of anilines is 1. The molecule has 2 aromatic heterocycles. The summed E-state index contributed by atoms with van der Waals surface area (Å²) in [5.74, 6) is -11.5. The fourth-order valence-corrected chi connectivity index (χ4v) is 6.29. The number of amides is 1. The van der Waals surface area contributed by atoms with Crippen molar-refractivity contribution in [1.29, 1.82) is 0 Å². The number of aromatic nitrogens is 4. The highest BCUT2D eigenvalue weighted by molar-refractivity contribution is 7.82. The van der Waals surface area contributed by atoms with Crippen molar-refractivity contribution in [2.75, 3.05) is 18.0 Å². The third kappa shape index (κ3) is 5.91. The van der Waals surface area contributed by atoms with Crippen LogP contribution in [0.1, 0.15) is 56.2 Å². The molecule has 0 spiro atoms. The lowest BCUT2D eigenvalue weighted by atomic mass is 9.85. The van der Waals surface area contributed by atoms with Gasteiger partial charge < -0.3 is 4.90 Å². The maximum Gasteiger partial charge on any atom is 0.242 e. The standard InChI is InChI=1S/C28H27F5N6O2S/c1-2-38(42(41)28-26(32)24(30)23(29)25(31)27(28)33)15-22(40)39(19-10-11-20-21(12-19)36-37-35-20)14-18-9-8-17(13-34-18)16-6-4-3-5-7-16/h8-13,16H,2-7,14-15H2,1H3,(H,35,36,37). The van der Waals surface area contributed by atoms with Gasteiger partial charge in [-0.3, -0.25) is 9.78 Å². The number of halogens is 5. The van der Waals surface area contributed by atoms with Crippen molar-refractivity contribution in [3.8, 4) is 0 Å². The van der Waals surface area contributed by atoms with Crippen molar-refractivity contribution in [2.45, 2.75) is 56.4 Å². The summed E-state index contributed by atoms with van der Waals surface area (Å²) in [6.45, 7) is 0.552. The molecule has 1 amide bonds. The van der Waals surface area contributed by atoms with Gasteiger partial charge in [-0.05, 0) is 48.6 Å². The van der Waals surface area contributed by atoms with Crippen molar-refractivity contribution in [3.05, 3.63) is 76.9 Å². The molecule has 1 atom stereocenters. The van der Waals surface area contributed by atoms with Gasteiger partial charge in [-0.15, -0.1) is 0 Å². The summed E-state index contributed by atoms with van der Waals surface area (Å²) in [6, 6.07) is 8.67. The number of fused-ring (bicyclic) bond motifs is 1. The Morgan fingerprint density at radius 2 is 1.60 bits per heavy atom. The number of benzene rings is 2. The lowest BCUT2D eigenvalue weighted by Crippen LogP contribution is -2.41. The van der Waals surface area contributed by atoms with E-state index in [9.17, 15) is 31.0 Å². The van der Waals surface area contributed by atoms with Gasteiger partial charge in [0.2, 0.25) is 11.7 Å². The van der Waals surface area contributed by atoms with Gasteiger partial charge in [-0.2, -0.15) is 15.4 Å². The number of aromatic amines is 1. The second-order valence-corrected chi connectivity index (χ2v) is 11.4. The van der Waals surface area contributed by atoms with Crippen molar-refractivity contribution in [2.24, 2.45) is 0 Å². The van der Waals surface area contributed by atoms with Crippen LogP contribution >= 0.6 is 0 Å². The Bertz CT molecular complexity index is 1600. The Hall–Kier alpha value is -3.78. The van der Waals surface area contributed by atoms with Crippen molar-refractivity contribution in [3.63, 3.8) is 0 Å². The highest BCUT2D eigenvalue weighted by atomic mass is 32.2. The number of hydrogen-bond acceptors (Lipinski definition) is 5. The zero-order chi connectivity index (χ0) is 30.0. The molecule has 1 unspecified atom stereocenters. The number of nitrogens with zero attached hydrogens (tertiary/aromatic N) is 5. The third-order valence-electron chi connectivity index (χ3n) is 7.40. The first-order valence-electron chi connectivity index (χ1n) is 13.4. The van der Waals surface area contributed by atoms with Crippen LogP contribution in [0.5, 0.6) is 0 Å². The summed E-state index contributed by atoms with van der Waals surface area (Å²) in [7, 11) is -2.89. The molecule has 222 valence electrons. The quantitative estimate of drug-likeness (QED) is 0.151. The number of likely N-dealkylation sites (N-methyl/N-ethyl adjacent to an activating group) is 1. The number of pyridine rings is 1. The Kier molecular flexibility index (Phi) is 8.92. The molecule has 5 rings (SSSR count). The van der Waals surface area contributed by atoms with Crippen LogP contribution in [0.25, 0.3) is 11.0 Å². The summed E-state index contributed by atoms with van der Waals surface area (Å²) in [6.07, 6.45) is 7.54. The lowest BCUT2D eigenvalue weighted by molar-refractivity contribution is -0.118. The first-order valence-corrected chi connectivity index (χ1v) is 14.5. The van der Waals surface area contributed by atoms with E-state index in [1.807, 2.05) is 12.1 Å². The minimum atomic E-state index is -2.89. The number of nitrogens with one attached hydrogen (secondary N) is 1. The summed E-state index contributed by atoms with van der Waals surface area (Å²) in [4.78, 5) is 18.1. The maximum absolute atomic E-state index is 14.4. The summed E-state index contributed by atoms with van der Waals surface area (Å²) < 4.78 is 84.0. The normalized spacial score (nSPS) is 14.9. The SMILES string of the molecule is CCN(CC(=O)N(Cc1ccc(C2CCCCC2)cn1)c1ccc2n[nH]nc2c1)S(=O)c1c(F)c(F)c(F)c(F)c1F. The number of carbonyl (C=O) groups is 1. The van der Waals surface area contributed by atoms with E-state index in [0.717, 1.165) is 22.7 Å². The van der Waals surface area contributed by atoms with Crippen LogP contribution in [-0.2, 0) is 22.3 Å². The van der Waals surface area contributed by atoms with E-state index < -0.39 is 57.4 Å². The van der Waals surface area contributed by atoms with Crippen LogP contribution in [0.2, 0.25) is 0 Å². The van der Waals surface area contributed by atoms with Crippen molar-refractivity contribution < 1.29 is 31.0 Å². The Morgan fingerprint density at radius 1 is 0.929 bits per heavy atom. The first kappa shape index (κ1) is 29.7. The van der Waals surface area contributed by atoms with E-state index >= 15 is 0 Å². The average Bonchev–Trinajstić information content (AvgIpc) is 3.49. The average molecular weight is 607 g/mol. The molecule has 14 heteroatoms. The second-order valence-electron chi connectivity index (χ2n) is 10.00. The molecule has 42 heavy (non-hydrogen) atoms. The van der Waals surface area contributed by atoms with Crippen LogP contribution in [0.4, 0.5) is 27.6 Å². The van der Waals surface area contributed by atoms with E-state index in [0.29, 0.717) is 28.3 Å². The predicted molar refractivity (Wildman–Crippen MR) is 145 cm³/mol. The van der Waals surface area contributed by atoms with Gasteiger partial charge in [0.25, 0.3) is 0 Å². The zero-order valence-electron chi connectivity index (χ0n) is 22.5. The number of carbonyl (C=O) groups excluding carboxylic acids is 1. The molecule has 4 aromatic rings. The fraction of sp³-hybridized carbons (Fsp3) is 0.357. The summed E-state index contributed by atoms with van der Waals surface area (Å²) in [5, 5.41) is 10.5. The maximum atomic E-state index is 14.4. The molecule has 1 aliphatic rings. The van der Waals surface area contributed by atoms with Gasteiger partial charge in [0.05, 0.1) is 18.8 Å². The highest BCUT2D eigenvalue weighted by Gasteiger charge is 2.33. The number of hydrogen-bond donors (Lipinski definition) is 1. The summed E-state index contributed by atoms with van der Waals surface area (Å²) >= 11 is 0. The largest absolute Gasteiger partial charge is 0.305 e. The van der Waals surface area contributed by atoms with Gasteiger partial charge in [0.15, 0.2) is 23.3 Å². The van der Waals surface area contributed by atoms with Gasteiger partial charge >= 0.3 is 0 Å². The molecule has 1 fully saturated rings. The topological polar surface area (TPSA) is 95.1 Å². The highest BCUT2D eigenvalue weighted by Crippen LogP contribution is 2.32. The molecule has 8 nitrogen and oxygen atoms in total. The van der Waals surface area contributed by atoms with Crippen molar-refractivity contribution in [1.82, 2.24) is 24.7 Å². The van der Waals surface area contributed by atoms with Crippen LogP contribution in [-0.4, -0.2) is 47.9 Å². The Balaban J connectivity index is 1.43. The minimum absolute atomic E-state index is 0.0140. The Morgan fingerprint density at radius 3 is 2.24 bits per heavy atom. The molecular formula is C28H27F5N6O2S. The molecule has 0 aliphatic heterocycles.